The smallest absolute Gasteiger partial charge is 0.329 e. The Hall–Kier alpha value is -3.24. The van der Waals surface area contributed by atoms with Crippen molar-refractivity contribution in [3.8, 4) is 0 Å². The van der Waals surface area contributed by atoms with E-state index in [-0.39, 0.29) is 36.4 Å². The molecule has 0 saturated carbocycles. The number of ether oxygens (including phenoxy) is 1. The first-order chi connectivity index (χ1) is 13.9. The van der Waals surface area contributed by atoms with Crippen molar-refractivity contribution in [2.75, 3.05) is 12.0 Å². The van der Waals surface area contributed by atoms with Crippen molar-refractivity contribution in [3.05, 3.63) is 56.7 Å². The Bertz CT molecular complexity index is 1110. The maximum Gasteiger partial charge on any atom is 0.329 e. The van der Waals surface area contributed by atoms with Crippen LogP contribution in [0.5, 0.6) is 0 Å². The Labute approximate surface area is 166 Å². The number of anilines is 1. The Balaban J connectivity index is 1.97. The second kappa shape index (κ2) is 8.84. The zero-order valence-corrected chi connectivity index (χ0v) is 16.5. The number of H-pyrrole nitrogens is 1. The van der Waals surface area contributed by atoms with Crippen LogP contribution in [0.3, 0.4) is 0 Å². The van der Waals surface area contributed by atoms with Gasteiger partial charge in [-0.05, 0) is 19.4 Å². The first-order valence-corrected chi connectivity index (χ1v) is 9.20. The second-order valence-corrected chi connectivity index (χ2v) is 6.85. The molecule has 3 rings (SSSR count). The number of hydrazone groups is 1. The Kier molecular flexibility index (Phi) is 6.25. The van der Waals surface area contributed by atoms with E-state index in [1.807, 2.05) is 44.2 Å². The molecule has 0 bridgehead atoms. The molecule has 1 atom stereocenters. The minimum Gasteiger partial charge on any atom is -0.389 e. The van der Waals surface area contributed by atoms with Crippen LogP contribution in [0.4, 0.5) is 5.95 Å². The lowest BCUT2D eigenvalue weighted by atomic mass is 10.2. The van der Waals surface area contributed by atoms with Crippen LogP contribution in [0, 0.1) is 0 Å². The van der Waals surface area contributed by atoms with Crippen LogP contribution in [0.15, 0.2) is 45.0 Å². The number of aryl methyl sites for hydroxylation is 1. The molecule has 0 spiro atoms. The van der Waals surface area contributed by atoms with Gasteiger partial charge in [0.1, 0.15) is 0 Å². The molecule has 0 aliphatic heterocycles. The number of aromatic nitrogens is 4. The number of aliphatic hydroxyl groups excluding tert-OH is 1. The molecule has 2 heterocycles. The minimum atomic E-state index is -0.884. The molecule has 10 nitrogen and oxygen atoms in total. The fourth-order valence-corrected chi connectivity index (χ4v) is 2.77. The summed E-state index contributed by atoms with van der Waals surface area (Å²) in [5.41, 5.74) is 2.85. The number of fused-ring (bicyclic) bond motifs is 1. The molecule has 0 amide bonds. The van der Waals surface area contributed by atoms with E-state index in [0.29, 0.717) is 0 Å². The van der Waals surface area contributed by atoms with E-state index in [1.54, 1.807) is 6.21 Å². The standard InChI is InChI=1S/C19H24N6O4/c1-12(2)29-11-14(26)10-25-15-16(24(3)19(28)22-17(15)27)21-18(25)23-20-9-13-7-5-4-6-8-13/h4-9,12,14,26H,10-11H2,1-3H3,(H,21,23)(H,22,27,28). The summed E-state index contributed by atoms with van der Waals surface area (Å²) in [6.45, 7) is 3.86. The van der Waals surface area contributed by atoms with Crippen molar-refractivity contribution in [2.24, 2.45) is 12.1 Å². The number of nitrogens with one attached hydrogen (secondary N) is 2. The molecular formula is C19H24N6O4. The van der Waals surface area contributed by atoms with Crippen molar-refractivity contribution >= 4 is 23.3 Å². The predicted molar refractivity (Wildman–Crippen MR) is 110 cm³/mol. The molecule has 29 heavy (non-hydrogen) atoms. The van der Waals surface area contributed by atoms with E-state index in [9.17, 15) is 14.7 Å². The molecule has 0 aliphatic rings. The summed E-state index contributed by atoms with van der Waals surface area (Å²) >= 11 is 0. The van der Waals surface area contributed by atoms with E-state index >= 15 is 0 Å². The van der Waals surface area contributed by atoms with E-state index in [4.69, 9.17) is 4.74 Å². The minimum absolute atomic E-state index is 0.0354. The van der Waals surface area contributed by atoms with Gasteiger partial charge in [-0.25, -0.2) is 10.2 Å². The fraction of sp³-hybridized carbons (Fsp3) is 0.368. The summed E-state index contributed by atoms with van der Waals surface area (Å²) < 4.78 is 8.16. The Morgan fingerprint density at radius 2 is 2.03 bits per heavy atom. The SMILES string of the molecule is CC(C)OCC(O)Cn1c(NN=Cc2ccccc2)nc2c1c(=O)[nH]c(=O)n2C. The first-order valence-electron chi connectivity index (χ1n) is 9.20. The monoisotopic (exact) mass is 400 g/mol. The summed E-state index contributed by atoms with van der Waals surface area (Å²) in [6, 6.07) is 9.44. The third-order valence-electron chi connectivity index (χ3n) is 4.20. The molecule has 0 radical (unpaired) electrons. The zero-order valence-electron chi connectivity index (χ0n) is 16.5. The Morgan fingerprint density at radius 3 is 2.72 bits per heavy atom. The highest BCUT2D eigenvalue weighted by Crippen LogP contribution is 2.16. The summed E-state index contributed by atoms with van der Waals surface area (Å²) in [7, 11) is 1.51. The summed E-state index contributed by atoms with van der Waals surface area (Å²) in [4.78, 5) is 30.9. The number of benzene rings is 1. The summed E-state index contributed by atoms with van der Waals surface area (Å²) in [5.74, 6) is 0.225. The van der Waals surface area contributed by atoms with Crippen molar-refractivity contribution in [1.82, 2.24) is 19.1 Å². The van der Waals surface area contributed by atoms with E-state index < -0.39 is 17.4 Å². The molecule has 0 fully saturated rings. The van der Waals surface area contributed by atoms with Crippen molar-refractivity contribution < 1.29 is 9.84 Å². The van der Waals surface area contributed by atoms with Gasteiger partial charge in [0, 0.05) is 7.05 Å². The van der Waals surface area contributed by atoms with Crippen LogP contribution >= 0.6 is 0 Å². The van der Waals surface area contributed by atoms with Crippen LogP contribution in [0.2, 0.25) is 0 Å². The van der Waals surface area contributed by atoms with Crippen LogP contribution < -0.4 is 16.7 Å². The number of aliphatic hydroxyl groups is 1. The Morgan fingerprint density at radius 1 is 1.31 bits per heavy atom. The average Bonchev–Trinajstić information content (AvgIpc) is 3.04. The van der Waals surface area contributed by atoms with Gasteiger partial charge in [-0.2, -0.15) is 10.1 Å². The normalized spacial score (nSPS) is 12.9. The maximum atomic E-state index is 12.4. The van der Waals surface area contributed by atoms with Crippen molar-refractivity contribution in [1.29, 1.82) is 0 Å². The molecule has 3 aromatic rings. The molecule has 2 aromatic heterocycles. The molecule has 10 heteroatoms. The highest BCUT2D eigenvalue weighted by atomic mass is 16.5. The van der Waals surface area contributed by atoms with Gasteiger partial charge in [0.25, 0.3) is 5.56 Å². The molecule has 0 aliphatic carbocycles. The summed E-state index contributed by atoms with van der Waals surface area (Å²) in [6.07, 6.45) is 0.678. The lowest BCUT2D eigenvalue weighted by Gasteiger charge is -2.15. The van der Waals surface area contributed by atoms with Crippen molar-refractivity contribution in [2.45, 2.75) is 32.6 Å². The van der Waals surface area contributed by atoms with Crippen LogP contribution in [-0.4, -0.2) is 49.2 Å². The number of imidazole rings is 1. The zero-order chi connectivity index (χ0) is 21.0. The molecule has 154 valence electrons. The van der Waals surface area contributed by atoms with Gasteiger partial charge in [-0.15, -0.1) is 0 Å². The summed E-state index contributed by atoms with van der Waals surface area (Å²) in [5, 5.41) is 14.5. The molecular weight excluding hydrogens is 376 g/mol. The highest BCUT2D eigenvalue weighted by Gasteiger charge is 2.19. The maximum absolute atomic E-state index is 12.4. The third kappa shape index (κ3) is 4.79. The quantitative estimate of drug-likeness (QED) is 0.377. The van der Waals surface area contributed by atoms with Crippen LogP contribution in [0.1, 0.15) is 19.4 Å². The number of aromatic amines is 1. The topological polar surface area (TPSA) is 127 Å². The van der Waals surface area contributed by atoms with Gasteiger partial charge in [0.05, 0.1) is 31.6 Å². The van der Waals surface area contributed by atoms with Gasteiger partial charge in [0.15, 0.2) is 11.2 Å². The van der Waals surface area contributed by atoms with E-state index in [1.165, 1.54) is 16.2 Å². The second-order valence-electron chi connectivity index (χ2n) is 6.85. The first kappa shape index (κ1) is 20.5. The van der Waals surface area contributed by atoms with E-state index in [2.05, 4.69) is 20.5 Å². The highest BCUT2D eigenvalue weighted by molar-refractivity contribution is 5.80. The van der Waals surface area contributed by atoms with Gasteiger partial charge in [-0.3, -0.25) is 14.3 Å². The largest absolute Gasteiger partial charge is 0.389 e. The van der Waals surface area contributed by atoms with E-state index in [0.717, 1.165) is 5.56 Å². The van der Waals surface area contributed by atoms with Crippen LogP contribution in [0.25, 0.3) is 11.2 Å². The number of hydrogen-bond donors (Lipinski definition) is 3. The van der Waals surface area contributed by atoms with Gasteiger partial charge in [0.2, 0.25) is 5.95 Å². The van der Waals surface area contributed by atoms with Gasteiger partial charge >= 0.3 is 5.69 Å². The van der Waals surface area contributed by atoms with Gasteiger partial charge < -0.3 is 14.4 Å². The molecule has 1 aromatic carbocycles. The van der Waals surface area contributed by atoms with Crippen molar-refractivity contribution in [3.63, 3.8) is 0 Å². The lowest BCUT2D eigenvalue weighted by Crippen LogP contribution is -2.30. The molecule has 3 N–H and O–H groups in total. The molecule has 1 unspecified atom stereocenters. The third-order valence-corrected chi connectivity index (χ3v) is 4.20. The fourth-order valence-electron chi connectivity index (χ4n) is 2.77. The van der Waals surface area contributed by atoms with Crippen LogP contribution in [-0.2, 0) is 18.3 Å². The average molecular weight is 400 g/mol. The lowest BCUT2D eigenvalue weighted by molar-refractivity contribution is -0.000105. The molecule has 0 saturated heterocycles. The predicted octanol–water partition coefficient (Wildman–Crippen LogP) is 0.655. The number of nitrogens with zero attached hydrogens (tertiary/aromatic N) is 4. The number of rotatable bonds is 8. The number of hydrogen-bond acceptors (Lipinski definition) is 7. The van der Waals surface area contributed by atoms with Gasteiger partial charge in [-0.1, -0.05) is 30.3 Å².